The summed E-state index contributed by atoms with van der Waals surface area (Å²) in [6.45, 7) is 2.20. The molecule has 1 aliphatic heterocycles. The van der Waals surface area contributed by atoms with E-state index in [4.69, 9.17) is 14.2 Å². The molecule has 4 rings (SSSR count). The van der Waals surface area contributed by atoms with Crippen LogP contribution in [0.3, 0.4) is 0 Å². The average molecular weight is 469 g/mol. The van der Waals surface area contributed by atoms with E-state index in [0.29, 0.717) is 22.3 Å². The lowest BCUT2D eigenvalue weighted by Gasteiger charge is -2.21. The summed E-state index contributed by atoms with van der Waals surface area (Å²) in [4.78, 5) is 4.68. The van der Waals surface area contributed by atoms with E-state index in [1.807, 2.05) is 24.3 Å². The van der Waals surface area contributed by atoms with Crippen molar-refractivity contribution in [2.45, 2.75) is 44.0 Å². The molecule has 0 radical (unpaired) electrons. The molecule has 1 atom stereocenters. The third-order valence-corrected chi connectivity index (χ3v) is 6.29. The van der Waals surface area contributed by atoms with Gasteiger partial charge in [-0.05, 0) is 24.6 Å². The summed E-state index contributed by atoms with van der Waals surface area (Å²) in [5.74, 6) is 1.84. The number of nitrogens with zero attached hydrogens (tertiary/aromatic N) is 3. The molecule has 0 bridgehead atoms. The largest absolute Gasteiger partial charge is 0.502 e. The molecular weight excluding hydrogens is 440 g/mol. The van der Waals surface area contributed by atoms with Gasteiger partial charge < -0.3 is 24.6 Å². The SMILES string of the molecule is CCCCCCSc1nnc2c(n1)O[C@@H](c1cc(OC)c(O)c(OC)c1)Nc1ccccc1-2. The Kier molecular flexibility index (Phi) is 7.39. The third kappa shape index (κ3) is 5.08. The summed E-state index contributed by atoms with van der Waals surface area (Å²) in [5, 5.41) is 23.1. The maximum absolute atomic E-state index is 10.3. The normalized spacial score (nSPS) is 14.3. The molecular formula is C24H28N4O4S. The van der Waals surface area contributed by atoms with Gasteiger partial charge >= 0.3 is 0 Å². The van der Waals surface area contributed by atoms with Gasteiger partial charge in [0.1, 0.15) is 0 Å². The average Bonchev–Trinajstić information content (AvgIpc) is 3.00. The zero-order valence-corrected chi connectivity index (χ0v) is 19.8. The van der Waals surface area contributed by atoms with Crippen LogP contribution >= 0.6 is 11.8 Å². The first kappa shape index (κ1) is 23.0. The summed E-state index contributed by atoms with van der Waals surface area (Å²) < 4.78 is 17.0. The van der Waals surface area contributed by atoms with Crippen LogP contribution in [0.5, 0.6) is 23.1 Å². The number of unbranched alkanes of at least 4 members (excludes halogenated alkanes) is 3. The number of phenols is 1. The van der Waals surface area contributed by atoms with E-state index in [1.54, 1.807) is 23.9 Å². The lowest BCUT2D eigenvalue weighted by Crippen LogP contribution is -2.17. The van der Waals surface area contributed by atoms with Crippen molar-refractivity contribution < 1.29 is 19.3 Å². The Hall–Kier alpha value is -3.20. The Morgan fingerprint density at radius 3 is 2.55 bits per heavy atom. The van der Waals surface area contributed by atoms with Gasteiger partial charge in [0.2, 0.25) is 16.8 Å². The van der Waals surface area contributed by atoms with Gasteiger partial charge in [-0.3, -0.25) is 0 Å². The second kappa shape index (κ2) is 10.6. The minimum absolute atomic E-state index is 0.0658. The highest BCUT2D eigenvalue weighted by atomic mass is 32.2. The number of benzene rings is 2. The fourth-order valence-electron chi connectivity index (χ4n) is 3.62. The van der Waals surface area contributed by atoms with Crippen molar-refractivity contribution in [3.8, 4) is 34.4 Å². The van der Waals surface area contributed by atoms with Crippen molar-refractivity contribution in [3.63, 3.8) is 0 Å². The smallest absolute Gasteiger partial charge is 0.247 e. The number of fused-ring (bicyclic) bond motifs is 3. The van der Waals surface area contributed by atoms with E-state index in [2.05, 4.69) is 27.4 Å². The van der Waals surface area contributed by atoms with E-state index in [9.17, 15) is 5.11 Å². The summed E-state index contributed by atoms with van der Waals surface area (Å²) >= 11 is 1.58. The molecule has 8 nitrogen and oxygen atoms in total. The van der Waals surface area contributed by atoms with Crippen molar-refractivity contribution in [1.29, 1.82) is 0 Å². The molecule has 33 heavy (non-hydrogen) atoms. The number of thioether (sulfide) groups is 1. The standard InChI is InChI=1S/C24H28N4O4S/c1-4-5-6-9-12-33-24-26-23-20(27-28-24)16-10-7-8-11-17(16)25-22(32-23)15-13-18(30-2)21(29)19(14-15)31-3/h7-8,10-11,13-14,22,25,29H,4-6,9,12H2,1-3H3/t22-/m0/s1. The zero-order valence-electron chi connectivity index (χ0n) is 19.0. The lowest BCUT2D eigenvalue weighted by molar-refractivity contribution is 0.223. The van der Waals surface area contributed by atoms with Gasteiger partial charge in [-0.15, -0.1) is 10.2 Å². The van der Waals surface area contributed by atoms with Crippen molar-refractivity contribution in [2.24, 2.45) is 0 Å². The zero-order chi connectivity index (χ0) is 23.2. The molecule has 1 aromatic heterocycles. The van der Waals surface area contributed by atoms with Crippen LogP contribution in [-0.4, -0.2) is 40.3 Å². The number of phenolic OH excluding ortho intramolecular Hbond substituents is 1. The molecule has 0 aliphatic carbocycles. The maximum Gasteiger partial charge on any atom is 0.247 e. The van der Waals surface area contributed by atoms with E-state index >= 15 is 0 Å². The Morgan fingerprint density at radius 2 is 1.82 bits per heavy atom. The number of methoxy groups -OCH3 is 2. The monoisotopic (exact) mass is 468 g/mol. The summed E-state index contributed by atoms with van der Waals surface area (Å²) in [7, 11) is 2.98. The van der Waals surface area contributed by atoms with Crippen LogP contribution in [0.4, 0.5) is 5.69 Å². The van der Waals surface area contributed by atoms with E-state index in [-0.39, 0.29) is 17.2 Å². The molecule has 0 fully saturated rings. The van der Waals surface area contributed by atoms with Crippen LogP contribution in [0.2, 0.25) is 0 Å². The van der Waals surface area contributed by atoms with E-state index < -0.39 is 6.23 Å². The predicted octanol–water partition coefficient (Wildman–Crippen LogP) is 5.44. The Labute approximate surface area is 197 Å². The van der Waals surface area contributed by atoms with Crippen molar-refractivity contribution >= 4 is 17.4 Å². The van der Waals surface area contributed by atoms with E-state index in [0.717, 1.165) is 23.4 Å². The highest BCUT2D eigenvalue weighted by Gasteiger charge is 2.27. The van der Waals surface area contributed by atoms with Crippen molar-refractivity contribution in [3.05, 3.63) is 42.0 Å². The number of anilines is 1. The Balaban J connectivity index is 1.68. The molecule has 1 aliphatic rings. The van der Waals surface area contributed by atoms with E-state index in [1.165, 1.54) is 33.5 Å². The lowest BCUT2D eigenvalue weighted by atomic mass is 10.1. The summed E-state index contributed by atoms with van der Waals surface area (Å²) in [5.41, 5.74) is 2.97. The number of aromatic hydroxyl groups is 1. The molecule has 0 amide bonds. The Morgan fingerprint density at radius 1 is 1.06 bits per heavy atom. The van der Waals surface area contributed by atoms with Crippen LogP contribution in [0.1, 0.15) is 44.4 Å². The fourth-order valence-corrected chi connectivity index (χ4v) is 4.39. The molecule has 174 valence electrons. The fraction of sp³-hybridized carbons (Fsp3) is 0.375. The van der Waals surface area contributed by atoms with Crippen LogP contribution in [-0.2, 0) is 0 Å². The maximum atomic E-state index is 10.3. The number of para-hydroxylation sites is 1. The number of hydrogen-bond donors (Lipinski definition) is 2. The minimum atomic E-state index is -0.616. The topological polar surface area (TPSA) is 98.6 Å². The second-order valence-corrected chi connectivity index (χ2v) is 8.68. The molecule has 0 unspecified atom stereocenters. The van der Waals surface area contributed by atoms with Crippen LogP contribution < -0.4 is 19.5 Å². The minimum Gasteiger partial charge on any atom is -0.502 e. The molecule has 9 heteroatoms. The van der Waals surface area contributed by atoms with Gasteiger partial charge in [0.15, 0.2) is 23.4 Å². The number of hydrogen-bond acceptors (Lipinski definition) is 9. The van der Waals surface area contributed by atoms with Gasteiger partial charge in [0.05, 0.1) is 14.2 Å². The van der Waals surface area contributed by atoms with Crippen LogP contribution in [0.25, 0.3) is 11.3 Å². The van der Waals surface area contributed by atoms with Crippen molar-refractivity contribution in [1.82, 2.24) is 15.2 Å². The number of rotatable bonds is 9. The molecule has 0 saturated carbocycles. The van der Waals surface area contributed by atoms with Crippen LogP contribution in [0.15, 0.2) is 41.6 Å². The molecule has 2 heterocycles. The third-order valence-electron chi connectivity index (χ3n) is 5.37. The molecule has 0 saturated heterocycles. The first-order valence-corrected chi connectivity index (χ1v) is 12.0. The highest BCUT2D eigenvalue weighted by Crippen LogP contribution is 2.43. The quantitative estimate of drug-likeness (QED) is 0.314. The Bertz CT molecular complexity index is 1090. The number of ether oxygens (including phenoxy) is 3. The van der Waals surface area contributed by atoms with Gasteiger partial charge in [0, 0.05) is 22.6 Å². The molecule has 2 aromatic carbocycles. The van der Waals surface area contributed by atoms with Gasteiger partial charge in [-0.1, -0.05) is 56.1 Å². The number of nitrogens with one attached hydrogen (secondary N) is 1. The van der Waals surface area contributed by atoms with Gasteiger partial charge in [-0.2, -0.15) is 4.98 Å². The molecule has 2 N–H and O–H groups in total. The molecule has 0 spiro atoms. The first-order chi connectivity index (χ1) is 16.1. The van der Waals surface area contributed by atoms with Crippen LogP contribution in [0, 0.1) is 0 Å². The first-order valence-electron chi connectivity index (χ1n) is 11.0. The summed E-state index contributed by atoms with van der Waals surface area (Å²) in [6, 6.07) is 11.2. The predicted molar refractivity (Wildman–Crippen MR) is 128 cm³/mol. The van der Waals surface area contributed by atoms with Gasteiger partial charge in [0.25, 0.3) is 0 Å². The van der Waals surface area contributed by atoms with Gasteiger partial charge in [-0.25, -0.2) is 0 Å². The second-order valence-electron chi connectivity index (χ2n) is 7.62. The number of aromatic nitrogens is 3. The molecule has 3 aromatic rings. The summed E-state index contributed by atoms with van der Waals surface area (Å²) in [6.07, 6.45) is 4.13. The van der Waals surface area contributed by atoms with Crippen molar-refractivity contribution in [2.75, 3.05) is 25.3 Å². The highest BCUT2D eigenvalue weighted by molar-refractivity contribution is 7.99.